The van der Waals surface area contributed by atoms with Crippen LogP contribution in [0.1, 0.15) is 18.2 Å². The van der Waals surface area contributed by atoms with Crippen molar-refractivity contribution in [2.24, 2.45) is 0 Å². The van der Waals surface area contributed by atoms with Crippen molar-refractivity contribution in [2.45, 2.75) is 20.3 Å². The Hall–Kier alpha value is -1.57. The molecule has 72 valence electrons. The van der Waals surface area contributed by atoms with E-state index in [1.165, 1.54) is 5.56 Å². The number of H-pyrrole nitrogens is 1. The number of hydrogen-bond acceptors (Lipinski definition) is 1. The molecule has 0 aliphatic carbocycles. The first-order valence-electron chi connectivity index (χ1n) is 4.83. The van der Waals surface area contributed by atoms with Crippen molar-refractivity contribution in [1.82, 2.24) is 4.98 Å². The molecule has 0 amide bonds. The lowest BCUT2D eigenvalue weighted by molar-refractivity contribution is 1.14. The number of benzene rings is 1. The van der Waals surface area contributed by atoms with E-state index in [0.29, 0.717) is 0 Å². The van der Waals surface area contributed by atoms with Crippen molar-refractivity contribution in [2.75, 3.05) is 0 Å². The third kappa shape index (κ3) is 1.43. The van der Waals surface area contributed by atoms with E-state index in [4.69, 9.17) is 0 Å². The molecule has 1 aromatic heterocycles. The lowest BCUT2D eigenvalue weighted by Crippen LogP contribution is -2.03. The lowest BCUT2D eigenvalue weighted by atomic mass is 10.1. The minimum atomic E-state index is 0.103. The zero-order valence-corrected chi connectivity index (χ0v) is 8.42. The van der Waals surface area contributed by atoms with E-state index in [-0.39, 0.29) is 5.43 Å². The van der Waals surface area contributed by atoms with Gasteiger partial charge in [0.05, 0.1) is 0 Å². The zero-order chi connectivity index (χ0) is 10.1. The van der Waals surface area contributed by atoms with E-state index in [1.807, 2.05) is 19.1 Å². The third-order valence-electron chi connectivity index (χ3n) is 2.44. The second kappa shape index (κ2) is 3.29. The van der Waals surface area contributed by atoms with E-state index in [1.54, 1.807) is 6.07 Å². The summed E-state index contributed by atoms with van der Waals surface area (Å²) in [6.45, 7) is 3.98. The summed E-state index contributed by atoms with van der Waals surface area (Å²) in [5.41, 5.74) is 3.14. The molecule has 0 saturated carbocycles. The van der Waals surface area contributed by atoms with Gasteiger partial charge in [-0.1, -0.05) is 13.0 Å². The van der Waals surface area contributed by atoms with Crippen molar-refractivity contribution in [3.05, 3.63) is 45.7 Å². The van der Waals surface area contributed by atoms with Gasteiger partial charge < -0.3 is 4.98 Å². The van der Waals surface area contributed by atoms with E-state index < -0.39 is 0 Å². The van der Waals surface area contributed by atoms with Gasteiger partial charge in [-0.05, 0) is 31.0 Å². The van der Waals surface area contributed by atoms with Crippen molar-refractivity contribution in [3.63, 3.8) is 0 Å². The van der Waals surface area contributed by atoms with E-state index >= 15 is 0 Å². The molecule has 2 heteroatoms. The van der Waals surface area contributed by atoms with Crippen LogP contribution in [0.2, 0.25) is 0 Å². The van der Waals surface area contributed by atoms with Crippen LogP contribution in [0.3, 0.4) is 0 Å². The number of pyridine rings is 1. The number of fused-ring (bicyclic) bond motifs is 1. The molecule has 14 heavy (non-hydrogen) atoms. The van der Waals surface area contributed by atoms with Gasteiger partial charge in [-0.15, -0.1) is 0 Å². The average molecular weight is 187 g/mol. The van der Waals surface area contributed by atoms with Crippen LogP contribution in [0.15, 0.2) is 29.1 Å². The van der Waals surface area contributed by atoms with Gasteiger partial charge in [-0.25, -0.2) is 0 Å². The summed E-state index contributed by atoms with van der Waals surface area (Å²) in [5, 5.41) is 0.787. The fourth-order valence-electron chi connectivity index (χ4n) is 1.65. The first-order valence-corrected chi connectivity index (χ1v) is 4.83. The predicted molar refractivity (Wildman–Crippen MR) is 58.7 cm³/mol. The molecule has 1 aromatic carbocycles. The van der Waals surface area contributed by atoms with Gasteiger partial charge in [0.15, 0.2) is 5.43 Å². The molecular formula is C12H13NO. The number of hydrogen-bond donors (Lipinski definition) is 1. The van der Waals surface area contributed by atoms with E-state index in [2.05, 4.69) is 18.0 Å². The molecule has 0 saturated heterocycles. The normalized spacial score (nSPS) is 10.7. The van der Waals surface area contributed by atoms with Crippen LogP contribution in [0, 0.1) is 6.92 Å². The molecule has 0 radical (unpaired) electrons. The highest BCUT2D eigenvalue weighted by molar-refractivity contribution is 5.79. The molecule has 2 aromatic rings. The molecule has 0 aliphatic heterocycles. The Morgan fingerprint density at radius 3 is 2.79 bits per heavy atom. The second-order valence-electron chi connectivity index (χ2n) is 3.55. The van der Waals surface area contributed by atoms with Gasteiger partial charge in [-0.3, -0.25) is 4.79 Å². The highest BCUT2D eigenvalue weighted by atomic mass is 16.1. The van der Waals surface area contributed by atoms with Crippen LogP contribution in [0.4, 0.5) is 0 Å². The van der Waals surface area contributed by atoms with Crippen LogP contribution in [-0.4, -0.2) is 4.98 Å². The molecular weight excluding hydrogens is 174 g/mol. The Balaban J connectivity index is 2.82. The first kappa shape index (κ1) is 9.00. The van der Waals surface area contributed by atoms with Gasteiger partial charge >= 0.3 is 0 Å². The molecule has 0 aliphatic rings. The lowest BCUT2D eigenvalue weighted by Gasteiger charge is -2.01. The van der Waals surface area contributed by atoms with E-state index in [9.17, 15) is 4.79 Å². The highest BCUT2D eigenvalue weighted by Crippen LogP contribution is 2.11. The van der Waals surface area contributed by atoms with Crippen LogP contribution in [0.5, 0.6) is 0 Å². The summed E-state index contributed by atoms with van der Waals surface area (Å²) >= 11 is 0. The molecule has 0 spiro atoms. The standard InChI is InChI=1S/C12H13NO/c1-3-9-4-5-11-10(7-9)12(14)6-8(2)13-11/h4-7H,3H2,1-2H3,(H,13,14). The topological polar surface area (TPSA) is 32.9 Å². The molecule has 2 rings (SSSR count). The quantitative estimate of drug-likeness (QED) is 0.730. The fourth-order valence-corrected chi connectivity index (χ4v) is 1.65. The number of aromatic amines is 1. The maximum absolute atomic E-state index is 11.6. The van der Waals surface area contributed by atoms with Gasteiger partial charge in [0.1, 0.15) is 0 Å². The third-order valence-corrected chi connectivity index (χ3v) is 2.44. The summed E-state index contributed by atoms with van der Waals surface area (Å²) in [6, 6.07) is 7.63. The molecule has 0 unspecified atom stereocenters. The van der Waals surface area contributed by atoms with Crippen LogP contribution < -0.4 is 5.43 Å². The highest BCUT2D eigenvalue weighted by Gasteiger charge is 2.00. The Morgan fingerprint density at radius 2 is 2.07 bits per heavy atom. The van der Waals surface area contributed by atoms with Crippen LogP contribution >= 0.6 is 0 Å². The number of aryl methyl sites for hydroxylation is 2. The smallest absolute Gasteiger partial charge is 0.189 e. The fraction of sp³-hybridized carbons (Fsp3) is 0.250. The molecule has 0 atom stereocenters. The van der Waals surface area contributed by atoms with Crippen LogP contribution in [0.25, 0.3) is 10.9 Å². The zero-order valence-electron chi connectivity index (χ0n) is 8.42. The summed E-state index contributed by atoms with van der Waals surface area (Å²) in [5.74, 6) is 0. The first-order chi connectivity index (χ1) is 6.70. The van der Waals surface area contributed by atoms with Crippen molar-refractivity contribution in [1.29, 1.82) is 0 Å². The average Bonchev–Trinajstić information content (AvgIpc) is 2.17. The Labute approximate surface area is 82.6 Å². The summed E-state index contributed by atoms with van der Waals surface area (Å²) in [7, 11) is 0. The SMILES string of the molecule is CCc1ccc2[nH]c(C)cc(=O)c2c1. The minimum absolute atomic E-state index is 0.103. The number of rotatable bonds is 1. The van der Waals surface area contributed by atoms with Crippen molar-refractivity contribution in [3.8, 4) is 0 Å². The Morgan fingerprint density at radius 1 is 1.29 bits per heavy atom. The van der Waals surface area contributed by atoms with Gasteiger partial charge in [0, 0.05) is 22.7 Å². The summed E-state index contributed by atoms with van der Waals surface area (Å²) in [6.07, 6.45) is 0.962. The Bertz CT molecular complexity index is 525. The molecule has 0 fully saturated rings. The van der Waals surface area contributed by atoms with Crippen molar-refractivity contribution < 1.29 is 0 Å². The molecule has 1 heterocycles. The summed E-state index contributed by atoms with van der Waals surface area (Å²) < 4.78 is 0. The number of aromatic nitrogens is 1. The monoisotopic (exact) mass is 187 g/mol. The van der Waals surface area contributed by atoms with Crippen molar-refractivity contribution >= 4 is 10.9 Å². The van der Waals surface area contributed by atoms with Gasteiger partial charge in [0.2, 0.25) is 0 Å². The maximum atomic E-state index is 11.6. The summed E-state index contributed by atoms with van der Waals surface area (Å²) in [4.78, 5) is 14.8. The minimum Gasteiger partial charge on any atom is -0.358 e. The number of nitrogens with one attached hydrogen (secondary N) is 1. The largest absolute Gasteiger partial charge is 0.358 e. The molecule has 1 N–H and O–H groups in total. The predicted octanol–water partition coefficient (Wildman–Crippen LogP) is 2.40. The second-order valence-corrected chi connectivity index (χ2v) is 3.55. The van der Waals surface area contributed by atoms with Gasteiger partial charge in [-0.2, -0.15) is 0 Å². The maximum Gasteiger partial charge on any atom is 0.189 e. The van der Waals surface area contributed by atoms with Crippen LogP contribution in [-0.2, 0) is 6.42 Å². The van der Waals surface area contributed by atoms with E-state index in [0.717, 1.165) is 23.0 Å². The Kier molecular flexibility index (Phi) is 2.12. The van der Waals surface area contributed by atoms with Gasteiger partial charge in [0.25, 0.3) is 0 Å². The molecule has 0 bridgehead atoms. The molecule has 2 nitrogen and oxygen atoms in total.